The van der Waals surface area contributed by atoms with Crippen LogP contribution in [0.25, 0.3) is 0 Å². The van der Waals surface area contributed by atoms with Crippen LogP contribution in [0, 0.1) is 0 Å². The maximum absolute atomic E-state index is 2.46. The highest BCUT2D eigenvalue weighted by Gasteiger charge is 2.01. The molecule has 76 valence electrons. The Morgan fingerprint density at radius 3 is 1.77 bits per heavy atom. The van der Waals surface area contributed by atoms with Gasteiger partial charge in [0.25, 0.3) is 0 Å². The SMILES string of the molecule is CCC=C1CCCCCCCCC1. The van der Waals surface area contributed by atoms with E-state index in [4.69, 9.17) is 0 Å². The Hall–Kier alpha value is -0.260. The highest BCUT2D eigenvalue weighted by atomic mass is 14.1. The van der Waals surface area contributed by atoms with Crippen molar-refractivity contribution in [3.8, 4) is 0 Å². The molecule has 0 amide bonds. The summed E-state index contributed by atoms with van der Waals surface area (Å²) in [4.78, 5) is 0. The van der Waals surface area contributed by atoms with Gasteiger partial charge in [0.15, 0.2) is 0 Å². The van der Waals surface area contributed by atoms with Crippen LogP contribution in [-0.2, 0) is 0 Å². The zero-order valence-electron chi connectivity index (χ0n) is 9.15. The number of hydrogen-bond donors (Lipinski definition) is 0. The van der Waals surface area contributed by atoms with Crippen molar-refractivity contribution in [2.75, 3.05) is 0 Å². The maximum Gasteiger partial charge on any atom is -0.0320 e. The number of allylic oxidation sites excluding steroid dienone is 2. The first-order valence-corrected chi connectivity index (χ1v) is 6.11. The topological polar surface area (TPSA) is 0 Å². The third-order valence-electron chi connectivity index (χ3n) is 2.99. The molecule has 0 bridgehead atoms. The predicted molar refractivity (Wildman–Crippen MR) is 59.9 cm³/mol. The van der Waals surface area contributed by atoms with Crippen LogP contribution in [0.2, 0.25) is 0 Å². The minimum absolute atomic E-state index is 1.23. The quantitative estimate of drug-likeness (QED) is 0.506. The van der Waals surface area contributed by atoms with E-state index in [1.54, 1.807) is 5.57 Å². The van der Waals surface area contributed by atoms with Crippen molar-refractivity contribution in [2.24, 2.45) is 0 Å². The van der Waals surface area contributed by atoms with Gasteiger partial charge in [-0.15, -0.1) is 0 Å². The molecule has 0 spiro atoms. The molecule has 0 heterocycles. The molecule has 0 radical (unpaired) electrons. The van der Waals surface area contributed by atoms with Crippen molar-refractivity contribution in [1.82, 2.24) is 0 Å². The lowest BCUT2D eigenvalue weighted by Gasteiger charge is -2.10. The maximum atomic E-state index is 2.46. The summed E-state index contributed by atoms with van der Waals surface area (Å²) in [5.41, 5.74) is 1.74. The molecule has 13 heavy (non-hydrogen) atoms. The minimum atomic E-state index is 1.23. The van der Waals surface area contributed by atoms with Crippen molar-refractivity contribution in [1.29, 1.82) is 0 Å². The van der Waals surface area contributed by atoms with Crippen molar-refractivity contribution in [3.05, 3.63) is 11.6 Å². The van der Waals surface area contributed by atoms with E-state index in [2.05, 4.69) is 13.0 Å². The van der Waals surface area contributed by atoms with Crippen LogP contribution in [0.3, 0.4) is 0 Å². The van der Waals surface area contributed by atoms with Gasteiger partial charge in [-0.2, -0.15) is 0 Å². The summed E-state index contributed by atoms with van der Waals surface area (Å²) in [6, 6.07) is 0. The first kappa shape index (κ1) is 10.8. The smallest absolute Gasteiger partial charge is 0.0320 e. The standard InChI is InChI=1S/C13H24/c1-2-10-13-11-8-6-4-3-5-7-9-12-13/h10H,2-9,11-12H2,1H3. The van der Waals surface area contributed by atoms with Crippen LogP contribution < -0.4 is 0 Å². The number of hydrogen-bond acceptors (Lipinski definition) is 0. The van der Waals surface area contributed by atoms with E-state index in [1.807, 2.05) is 0 Å². The Bertz CT molecular complexity index is 132. The van der Waals surface area contributed by atoms with Gasteiger partial charge in [-0.3, -0.25) is 0 Å². The van der Waals surface area contributed by atoms with Crippen molar-refractivity contribution in [2.45, 2.75) is 71.1 Å². The van der Waals surface area contributed by atoms with Crippen LogP contribution >= 0.6 is 0 Å². The first-order chi connectivity index (χ1) is 6.43. The fraction of sp³-hybridized carbons (Fsp3) is 0.846. The molecule has 0 nitrogen and oxygen atoms in total. The fourth-order valence-electron chi connectivity index (χ4n) is 2.21. The van der Waals surface area contributed by atoms with Gasteiger partial charge in [-0.25, -0.2) is 0 Å². The Morgan fingerprint density at radius 2 is 1.31 bits per heavy atom. The van der Waals surface area contributed by atoms with Gasteiger partial charge in [0.05, 0.1) is 0 Å². The summed E-state index contributed by atoms with van der Waals surface area (Å²) >= 11 is 0. The van der Waals surface area contributed by atoms with E-state index in [0.29, 0.717) is 0 Å². The largest absolute Gasteiger partial charge is 0.0856 e. The van der Waals surface area contributed by atoms with E-state index < -0.39 is 0 Å². The highest BCUT2D eigenvalue weighted by molar-refractivity contribution is 5.01. The molecule has 0 aromatic heterocycles. The Kier molecular flexibility index (Phi) is 5.97. The average molecular weight is 180 g/mol. The van der Waals surface area contributed by atoms with Crippen LogP contribution in [0.5, 0.6) is 0 Å². The van der Waals surface area contributed by atoms with Gasteiger partial charge in [-0.1, -0.05) is 50.7 Å². The predicted octanol–water partition coefficient (Wildman–Crippen LogP) is 4.85. The molecular weight excluding hydrogens is 156 g/mol. The monoisotopic (exact) mass is 180 g/mol. The summed E-state index contributed by atoms with van der Waals surface area (Å²) in [6.07, 6.45) is 16.7. The Labute approximate surface area is 83.4 Å². The molecule has 0 heteroatoms. The molecule has 1 saturated carbocycles. The summed E-state index contributed by atoms with van der Waals surface area (Å²) in [6.45, 7) is 2.26. The van der Waals surface area contributed by atoms with Gasteiger partial charge in [0.1, 0.15) is 0 Å². The van der Waals surface area contributed by atoms with E-state index >= 15 is 0 Å². The van der Waals surface area contributed by atoms with Crippen molar-refractivity contribution >= 4 is 0 Å². The van der Waals surface area contributed by atoms with Crippen molar-refractivity contribution < 1.29 is 0 Å². The highest BCUT2D eigenvalue weighted by Crippen LogP contribution is 2.20. The molecule has 1 rings (SSSR count). The molecule has 1 aliphatic carbocycles. The van der Waals surface area contributed by atoms with Gasteiger partial charge in [0, 0.05) is 0 Å². The van der Waals surface area contributed by atoms with E-state index in [-0.39, 0.29) is 0 Å². The summed E-state index contributed by atoms with van der Waals surface area (Å²) in [5.74, 6) is 0. The number of rotatable bonds is 1. The molecule has 1 fully saturated rings. The van der Waals surface area contributed by atoms with Crippen LogP contribution in [0.4, 0.5) is 0 Å². The molecule has 0 atom stereocenters. The molecule has 0 aliphatic heterocycles. The summed E-state index contributed by atoms with van der Waals surface area (Å²) in [7, 11) is 0. The molecule has 1 aliphatic rings. The van der Waals surface area contributed by atoms with Gasteiger partial charge in [-0.05, 0) is 32.1 Å². The zero-order valence-corrected chi connectivity index (χ0v) is 9.15. The average Bonchev–Trinajstić information content (AvgIpc) is 2.16. The van der Waals surface area contributed by atoms with Crippen LogP contribution in [-0.4, -0.2) is 0 Å². The second kappa shape index (κ2) is 7.17. The van der Waals surface area contributed by atoms with E-state index in [9.17, 15) is 0 Å². The summed E-state index contributed by atoms with van der Waals surface area (Å²) < 4.78 is 0. The second-order valence-electron chi connectivity index (χ2n) is 4.25. The van der Waals surface area contributed by atoms with Gasteiger partial charge >= 0.3 is 0 Å². The molecule has 0 aromatic carbocycles. The fourth-order valence-corrected chi connectivity index (χ4v) is 2.21. The molecule has 0 N–H and O–H groups in total. The normalized spacial score (nSPS) is 21.2. The third-order valence-corrected chi connectivity index (χ3v) is 2.99. The molecule has 0 saturated heterocycles. The molecule has 0 aromatic rings. The Morgan fingerprint density at radius 1 is 0.846 bits per heavy atom. The lowest BCUT2D eigenvalue weighted by molar-refractivity contribution is 0.550. The molecular formula is C13H24. The van der Waals surface area contributed by atoms with E-state index in [0.717, 1.165) is 0 Å². The van der Waals surface area contributed by atoms with Gasteiger partial charge in [0.2, 0.25) is 0 Å². The second-order valence-corrected chi connectivity index (χ2v) is 4.25. The van der Waals surface area contributed by atoms with Gasteiger partial charge < -0.3 is 0 Å². The van der Waals surface area contributed by atoms with Crippen molar-refractivity contribution in [3.63, 3.8) is 0 Å². The lowest BCUT2D eigenvalue weighted by atomic mass is 9.96. The van der Waals surface area contributed by atoms with Crippen LogP contribution in [0.15, 0.2) is 11.6 Å². The first-order valence-electron chi connectivity index (χ1n) is 6.11. The lowest BCUT2D eigenvalue weighted by Crippen LogP contribution is -1.90. The van der Waals surface area contributed by atoms with E-state index in [1.165, 1.54) is 64.2 Å². The third kappa shape index (κ3) is 5.13. The molecule has 0 unspecified atom stereocenters. The van der Waals surface area contributed by atoms with Crippen LogP contribution in [0.1, 0.15) is 71.1 Å². The zero-order chi connectivity index (χ0) is 9.36. The summed E-state index contributed by atoms with van der Waals surface area (Å²) in [5, 5.41) is 0. The Balaban J connectivity index is 2.30. The minimum Gasteiger partial charge on any atom is -0.0856 e.